The molecule has 0 aromatic carbocycles. The van der Waals surface area contributed by atoms with E-state index in [-0.39, 0.29) is 36.9 Å². The minimum absolute atomic E-state index is 0.0765. The van der Waals surface area contributed by atoms with Gasteiger partial charge in [0.05, 0.1) is 25.8 Å². The first-order valence-corrected chi connectivity index (χ1v) is 10.7. The van der Waals surface area contributed by atoms with Gasteiger partial charge >= 0.3 is 17.6 Å². The molecule has 33 heavy (non-hydrogen) atoms. The van der Waals surface area contributed by atoms with Crippen molar-refractivity contribution in [3.63, 3.8) is 0 Å². The van der Waals surface area contributed by atoms with Crippen LogP contribution in [0, 0.1) is 0 Å². The third-order valence-electron chi connectivity index (χ3n) is 5.82. The number of methoxy groups -OCH3 is 1. The van der Waals surface area contributed by atoms with Crippen LogP contribution in [0.4, 0.5) is 5.95 Å². The number of nitrogens with zero attached hydrogens (tertiary/aromatic N) is 5. The molecule has 2 aromatic rings. The van der Waals surface area contributed by atoms with Crippen LogP contribution in [0.25, 0.3) is 11.2 Å². The molecule has 0 unspecified atom stereocenters. The number of imidazole rings is 1. The highest BCUT2D eigenvalue weighted by Gasteiger charge is 2.42. The molecule has 0 bridgehead atoms. The Labute approximate surface area is 188 Å². The number of esters is 2. The zero-order chi connectivity index (χ0) is 23.7. The number of carbonyl (C=O) groups excluding carboxylic acids is 3. The van der Waals surface area contributed by atoms with Crippen molar-refractivity contribution in [1.29, 1.82) is 0 Å². The summed E-state index contributed by atoms with van der Waals surface area (Å²) >= 11 is 0. The zero-order valence-electron chi connectivity index (χ0n) is 18.4. The minimum Gasteiger partial charge on any atom is -0.469 e. The van der Waals surface area contributed by atoms with Gasteiger partial charge in [-0.05, 0) is 12.8 Å². The van der Waals surface area contributed by atoms with Gasteiger partial charge in [-0.25, -0.2) is 14.3 Å². The summed E-state index contributed by atoms with van der Waals surface area (Å²) in [6, 6.07) is 0. The smallest absolute Gasteiger partial charge is 0.333 e. The maximum Gasteiger partial charge on any atom is 0.333 e. The molecule has 13 heteroatoms. The minimum atomic E-state index is -1.07. The molecular weight excluding hydrogens is 436 g/mol. The van der Waals surface area contributed by atoms with Crippen molar-refractivity contribution < 1.29 is 28.6 Å². The summed E-state index contributed by atoms with van der Waals surface area (Å²) in [5.74, 6) is -1.34. The molecule has 2 fully saturated rings. The molecule has 2 saturated heterocycles. The number of likely N-dealkylation sites (tertiary alicyclic amines) is 1. The van der Waals surface area contributed by atoms with E-state index in [0.29, 0.717) is 18.6 Å². The molecule has 0 saturated carbocycles. The van der Waals surface area contributed by atoms with Crippen LogP contribution in [-0.4, -0.2) is 74.3 Å². The lowest BCUT2D eigenvalue weighted by Crippen LogP contribution is -2.37. The highest BCUT2D eigenvalue weighted by molar-refractivity contribution is 5.79. The van der Waals surface area contributed by atoms with E-state index in [1.54, 1.807) is 4.90 Å². The summed E-state index contributed by atoms with van der Waals surface area (Å²) in [5, 5.41) is 0. The fourth-order valence-electron chi connectivity index (χ4n) is 4.32. The molecule has 4 rings (SSSR count). The van der Waals surface area contributed by atoms with Crippen molar-refractivity contribution in [2.45, 2.75) is 57.6 Å². The van der Waals surface area contributed by atoms with Crippen LogP contribution in [0.3, 0.4) is 0 Å². The maximum atomic E-state index is 13.5. The molecule has 13 nitrogen and oxygen atoms in total. The number of rotatable bonds is 6. The topological polar surface area (TPSA) is 161 Å². The second-order valence-corrected chi connectivity index (χ2v) is 8.08. The Balaban J connectivity index is 1.75. The van der Waals surface area contributed by atoms with Crippen LogP contribution in [0.1, 0.15) is 38.8 Å². The van der Waals surface area contributed by atoms with Gasteiger partial charge < -0.3 is 24.8 Å². The predicted molar refractivity (Wildman–Crippen MR) is 113 cm³/mol. The van der Waals surface area contributed by atoms with Gasteiger partial charge in [-0.3, -0.25) is 19.0 Å². The lowest BCUT2D eigenvalue weighted by Gasteiger charge is -2.19. The molecule has 3 atom stereocenters. The van der Waals surface area contributed by atoms with Gasteiger partial charge in [0.25, 0.3) is 0 Å². The number of hydrogen-bond donors (Lipinski definition) is 1. The first kappa shape index (κ1) is 22.7. The van der Waals surface area contributed by atoms with Gasteiger partial charge in [0.1, 0.15) is 18.2 Å². The summed E-state index contributed by atoms with van der Waals surface area (Å²) in [7, 11) is 1.26. The van der Waals surface area contributed by atoms with Gasteiger partial charge in [0, 0.05) is 26.4 Å². The number of anilines is 1. The second-order valence-electron chi connectivity index (χ2n) is 8.08. The average molecular weight is 462 g/mol. The highest BCUT2D eigenvalue weighted by atomic mass is 16.6. The first-order valence-electron chi connectivity index (χ1n) is 10.7. The molecule has 4 heterocycles. The lowest BCUT2D eigenvalue weighted by molar-refractivity contribution is -0.153. The van der Waals surface area contributed by atoms with Crippen molar-refractivity contribution in [1.82, 2.24) is 24.0 Å². The Hall–Kier alpha value is -3.48. The standard InChI is InChI=1S/C20H26N6O7/c1-11(27)32-14-7-12(8-16(29)31-2)33-18(14)26-17-13(9-22-19(21)23-17)25(20(26)30)10-15(28)24-5-3-4-6-24/h9,12,14,18H,3-8,10H2,1-2H3,(H2,21,22,23)/t12-,14+,18+/m0/s1. The van der Waals surface area contributed by atoms with Crippen molar-refractivity contribution in [2.24, 2.45) is 0 Å². The number of aromatic nitrogens is 4. The molecule has 2 aromatic heterocycles. The fraction of sp³-hybridized carbons (Fsp3) is 0.600. The maximum absolute atomic E-state index is 13.5. The Morgan fingerprint density at radius 1 is 1.27 bits per heavy atom. The molecule has 2 aliphatic rings. The van der Waals surface area contributed by atoms with E-state index < -0.39 is 36.1 Å². The number of ether oxygens (including phenoxy) is 3. The van der Waals surface area contributed by atoms with E-state index in [4.69, 9.17) is 19.9 Å². The summed E-state index contributed by atoms with van der Waals surface area (Å²) < 4.78 is 18.5. The Kier molecular flexibility index (Phi) is 6.31. The normalized spacial score (nSPS) is 22.6. The van der Waals surface area contributed by atoms with Gasteiger partial charge in [0.15, 0.2) is 11.9 Å². The van der Waals surface area contributed by atoms with Crippen molar-refractivity contribution in [3.05, 3.63) is 16.7 Å². The molecule has 0 spiro atoms. The van der Waals surface area contributed by atoms with Crippen molar-refractivity contribution in [2.75, 3.05) is 25.9 Å². The van der Waals surface area contributed by atoms with Gasteiger partial charge in [-0.15, -0.1) is 0 Å². The second kappa shape index (κ2) is 9.17. The molecule has 2 N–H and O–H groups in total. The number of carbonyl (C=O) groups is 3. The monoisotopic (exact) mass is 462 g/mol. The Bertz CT molecular complexity index is 1140. The zero-order valence-corrected chi connectivity index (χ0v) is 18.4. The number of fused-ring (bicyclic) bond motifs is 1. The summed E-state index contributed by atoms with van der Waals surface area (Å²) in [6.07, 6.45) is 0.717. The number of nitrogens with two attached hydrogens (primary N) is 1. The number of hydrogen-bond acceptors (Lipinski definition) is 10. The van der Waals surface area contributed by atoms with Crippen molar-refractivity contribution >= 4 is 35.0 Å². The van der Waals surface area contributed by atoms with Crippen LogP contribution < -0.4 is 11.4 Å². The predicted octanol–water partition coefficient (Wildman–Crippen LogP) is -0.420. The largest absolute Gasteiger partial charge is 0.469 e. The van der Waals surface area contributed by atoms with E-state index in [1.165, 1.54) is 29.4 Å². The van der Waals surface area contributed by atoms with Gasteiger partial charge in [-0.1, -0.05) is 0 Å². The quantitative estimate of drug-likeness (QED) is 0.558. The van der Waals surface area contributed by atoms with Gasteiger partial charge in [0.2, 0.25) is 11.9 Å². The SMILES string of the molecule is COC(=O)C[C@@H]1C[C@@H](OC(C)=O)[C@H](n2c(=O)n(CC(=O)N3CCCC3)c3cnc(N)nc32)O1. The van der Waals surface area contributed by atoms with E-state index in [9.17, 15) is 19.2 Å². The summed E-state index contributed by atoms with van der Waals surface area (Å²) in [5.41, 5.74) is 5.62. The summed E-state index contributed by atoms with van der Waals surface area (Å²) in [4.78, 5) is 59.6. The van der Waals surface area contributed by atoms with Crippen LogP contribution in [0.5, 0.6) is 0 Å². The van der Waals surface area contributed by atoms with Crippen molar-refractivity contribution in [3.8, 4) is 0 Å². The molecule has 0 radical (unpaired) electrons. The van der Waals surface area contributed by atoms with Crippen LogP contribution in [0.2, 0.25) is 0 Å². The molecule has 178 valence electrons. The van der Waals surface area contributed by atoms with Crippen LogP contribution in [0.15, 0.2) is 11.0 Å². The van der Waals surface area contributed by atoms with Gasteiger partial charge in [-0.2, -0.15) is 4.98 Å². The Morgan fingerprint density at radius 3 is 2.67 bits per heavy atom. The first-order chi connectivity index (χ1) is 15.8. The molecule has 1 amide bonds. The number of amides is 1. The number of nitrogen functional groups attached to an aromatic ring is 1. The summed E-state index contributed by atoms with van der Waals surface area (Å²) in [6.45, 7) is 2.33. The van der Waals surface area contributed by atoms with E-state index >= 15 is 0 Å². The van der Waals surface area contributed by atoms with E-state index in [2.05, 4.69) is 9.97 Å². The fourth-order valence-corrected chi connectivity index (χ4v) is 4.32. The van der Waals surface area contributed by atoms with Crippen LogP contribution in [-0.2, 0) is 35.1 Å². The third kappa shape index (κ3) is 4.53. The molecule has 2 aliphatic heterocycles. The lowest BCUT2D eigenvalue weighted by atomic mass is 10.1. The molecular formula is C20H26N6O7. The van der Waals surface area contributed by atoms with E-state index in [1.807, 2.05) is 0 Å². The van der Waals surface area contributed by atoms with E-state index in [0.717, 1.165) is 12.8 Å². The van der Waals surface area contributed by atoms with Crippen LogP contribution >= 0.6 is 0 Å². The third-order valence-corrected chi connectivity index (χ3v) is 5.82. The average Bonchev–Trinajstić information content (AvgIpc) is 3.47. The highest BCUT2D eigenvalue weighted by Crippen LogP contribution is 2.34. The Morgan fingerprint density at radius 2 is 2.00 bits per heavy atom. The molecule has 0 aliphatic carbocycles.